The molecule has 1 N–H and O–H groups in total. The summed E-state index contributed by atoms with van der Waals surface area (Å²) in [5.74, 6) is 0.182. The van der Waals surface area contributed by atoms with Crippen molar-refractivity contribution in [2.45, 2.75) is 25.7 Å². The molecule has 0 radical (unpaired) electrons. The Bertz CT molecular complexity index is 573. The predicted octanol–water partition coefficient (Wildman–Crippen LogP) is 4.69. The molecule has 2 rings (SSSR count). The van der Waals surface area contributed by atoms with E-state index in [0.717, 1.165) is 36.0 Å². The molecule has 0 aliphatic heterocycles. The van der Waals surface area contributed by atoms with Crippen LogP contribution in [0.5, 0.6) is 0 Å². The molecule has 0 heterocycles. The van der Waals surface area contributed by atoms with Crippen LogP contribution in [0.25, 0.3) is 11.1 Å². The second-order valence-corrected chi connectivity index (χ2v) is 6.29. The van der Waals surface area contributed by atoms with Gasteiger partial charge in [0, 0.05) is 22.2 Å². The average Bonchev–Trinajstić information content (AvgIpc) is 2.52. The van der Waals surface area contributed by atoms with Gasteiger partial charge in [-0.15, -0.1) is 0 Å². The average molecular weight is 394 g/mol. The van der Waals surface area contributed by atoms with E-state index in [1.54, 1.807) is 0 Å². The summed E-state index contributed by atoms with van der Waals surface area (Å²) in [5.41, 5.74) is 3.06. The van der Waals surface area contributed by atoms with Gasteiger partial charge in [0.05, 0.1) is 0 Å². The van der Waals surface area contributed by atoms with Gasteiger partial charge in [-0.3, -0.25) is 4.79 Å². The van der Waals surface area contributed by atoms with Gasteiger partial charge in [-0.1, -0.05) is 42.8 Å². The monoisotopic (exact) mass is 394 g/mol. The van der Waals surface area contributed by atoms with E-state index in [2.05, 4.69) is 46.9 Å². The number of unbranched alkanes of at least 4 members (excludes halogenated alkanes) is 2. The van der Waals surface area contributed by atoms with Crippen molar-refractivity contribution in [3.05, 3.63) is 57.7 Å². The van der Waals surface area contributed by atoms with E-state index in [4.69, 9.17) is 5.11 Å². The molecule has 0 saturated heterocycles. The SMILES string of the molecule is O=C(CCCCCO)c1ccc(-c2ccc(I)cc2)cc1. The first-order valence-electron chi connectivity index (χ1n) is 7.21. The number of ketones is 1. The minimum atomic E-state index is 0.182. The highest BCUT2D eigenvalue weighted by molar-refractivity contribution is 14.1. The maximum atomic E-state index is 12.0. The number of carbonyl (C=O) groups excluding carboxylic acids is 1. The summed E-state index contributed by atoms with van der Waals surface area (Å²) in [4.78, 5) is 12.0. The highest BCUT2D eigenvalue weighted by Crippen LogP contribution is 2.21. The van der Waals surface area contributed by atoms with Gasteiger partial charge < -0.3 is 5.11 Å². The van der Waals surface area contributed by atoms with E-state index < -0.39 is 0 Å². The number of halogens is 1. The van der Waals surface area contributed by atoms with Crippen LogP contribution in [0.1, 0.15) is 36.0 Å². The van der Waals surface area contributed by atoms with Crippen molar-refractivity contribution in [3.63, 3.8) is 0 Å². The summed E-state index contributed by atoms with van der Waals surface area (Å²) in [7, 11) is 0. The molecule has 21 heavy (non-hydrogen) atoms. The number of Topliss-reactive ketones (excluding diaryl/α,β-unsaturated/α-hetero) is 1. The molecule has 0 saturated carbocycles. The number of rotatable bonds is 7. The Morgan fingerprint density at radius 3 is 2.00 bits per heavy atom. The van der Waals surface area contributed by atoms with Gasteiger partial charge in [-0.25, -0.2) is 0 Å². The molecule has 2 aromatic rings. The Morgan fingerprint density at radius 1 is 0.857 bits per heavy atom. The second-order valence-electron chi connectivity index (χ2n) is 5.04. The lowest BCUT2D eigenvalue weighted by molar-refractivity contribution is 0.0978. The number of aliphatic hydroxyl groups excluding tert-OH is 1. The number of hydrogen-bond acceptors (Lipinski definition) is 2. The van der Waals surface area contributed by atoms with Crippen LogP contribution in [0.3, 0.4) is 0 Å². The molecule has 0 atom stereocenters. The molecular weight excluding hydrogens is 375 g/mol. The number of hydrogen-bond donors (Lipinski definition) is 1. The lowest BCUT2D eigenvalue weighted by Crippen LogP contribution is -1.99. The van der Waals surface area contributed by atoms with Crippen LogP contribution >= 0.6 is 22.6 Å². The molecule has 3 heteroatoms. The Labute approximate surface area is 139 Å². The number of aliphatic hydroxyl groups is 1. The predicted molar refractivity (Wildman–Crippen MR) is 94.5 cm³/mol. The zero-order valence-corrected chi connectivity index (χ0v) is 14.0. The zero-order chi connectivity index (χ0) is 15.1. The van der Waals surface area contributed by atoms with E-state index >= 15 is 0 Å². The molecule has 0 aliphatic carbocycles. The lowest BCUT2D eigenvalue weighted by Gasteiger charge is -2.05. The summed E-state index contributed by atoms with van der Waals surface area (Å²) in [6.07, 6.45) is 3.09. The van der Waals surface area contributed by atoms with Crippen LogP contribution < -0.4 is 0 Å². The van der Waals surface area contributed by atoms with E-state index in [1.165, 1.54) is 3.57 Å². The zero-order valence-electron chi connectivity index (χ0n) is 11.9. The highest BCUT2D eigenvalue weighted by atomic mass is 127. The van der Waals surface area contributed by atoms with Crippen LogP contribution in [0, 0.1) is 3.57 Å². The quantitative estimate of drug-likeness (QED) is 0.420. The van der Waals surface area contributed by atoms with Gasteiger partial charge in [0.1, 0.15) is 0 Å². The molecule has 0 aromatic heterocycles. The van der Waals surface area contributed by atoms with E-state index in [1.807, 2.05) is 24.3 Å². The summed E-state index contributed by atoms with van der Waals surface area (Å²) in [6, 6.07) is 16.2. The van der Waals surface area contributed by atoms with Crippen molar-refractivity contribution in [2.24, 2.45) is 0 Å². The fourth-order valence-electron chi connectivity index (χ4n) is 2.21. The van der Waals surface area contributed by atoms with Crippen molar-refractivity contribution in [1.82, 2.24) is 0 Å². The molecule has 0 fully saturated rings. The fourth-order valence-corrected chi connectivity index (χ4v) is 2.57. The smallest absolute Gasteiger partial charge is 0.162 e. The van der Waals surface area contributed by atoms with Gasteiger partial charge in [0.25, 0.3) is 0 Å². The fraction of sp³-hybridized carbons (Fsp3) is 0.278. The molecule has 0 bridgehead atoms. The molecule has 0 aliphatic rings. The molecular formula is C18H19IO2. The first-order valence-corrected chi connectivity index (χ1v) is 8.28. The van der Waals surface area contributed by atoms with Crippen molar-refractivity contribution < 1.29 is 9.90 Å². The van der Waals surface area contributed by atoms with Crippen molar-refractivity contribution >= 4 is 28.4 Å². The first kappa shape index (κ1) is 16.2. The van der Waals surface area contributed by atoms with Crippen LogP contribution in [0.2, 0.25) is 0 Å². The maximum absolute atomic E-state index is 12.0. The summed E-state index contributed by atoms with van der Waals surface area (Å²) in [5, 5.41) is 8.72. The van der Waals surface area contributed by atoms with Crippen LogP contribution in [0.15, 0.2) is 48.5 Å². The van der Waals surface area contributed by atoms with Gasteiger partial charge in [-0.05, 0) is 58.7 Å². The molecule has 2 nitrogen and oxygen atoms in total. The molecule has 0 unspecified atom stereocenters. The topological polar surface area (TPSA) is 37.3 Å². The highest BCUT2D eigenvalue weighted by Gasteiger charge is 2.06. The lowest BCUT2D eigenvalue weighted by atomic mass is 10.0. The first-order chi connectivity index (χ1) is 10.2. The maximum Gasteiger partial charge on any atom is 0.162 e. The Morgan fingerprint density at radius 2 is 1.43 bits per heavy atom. The van der Waals surface area contributed by atoms with Crippen molar-refractivity contribution in [1.29, 1.82) is 0 Å². The molecule has 2 aromatic carbocycles. The van der Waals surface area contributed by atoms with Crippen molar-refractivity contribution in [2.75, 3.05) is 6.61 Å². The minimum absolute atomic E-state index is 0.182. The largest absolute Gasteiger partial charge is 0.396 e. The van der Waals surface area contributed by atoms with Gasteiger partial charge in [0.2, 0.25) is 0 Å². The summed E-state index contributed by atoms with van der Waals surface area (Å²) >= 11 is 2.29. The Kier molecular flexibility index (Phi) is 6.39. The standard InChI is InChI=1S/C18H19IO2/c19-17-11-9-15(10-12-17)14-5-7-16(8-6-14)18(21)4-2-1-3-13-20/h5-12,20H,1-4,13H2. The van der Waals surface area contributed by atoms with E-state index in [9.17, 15) is 4.79 Å². The number of carbonyl (C=O) groups is 1. The normalized spacial score (nSPS) is 10.6. The Hall–Kier alpha value is -1.20. The van der Waals surface area contributed by atoms with E-state index in [0.29, 0.717) is 6.42 Å². The molecule has 0 spiro atoms. The van der Waals surface area contributed by atoms with Crippen LogP contribution in [-0.4, -0.2) is 17.5 Å². The third-order valence-electron chi connectivity index (χ3n) is 3.45. The number of benzene rings is 2. The van der Waals surface area contributed by atoms with Gasteiger partial charge >= 0.3 is 0 Å². The molecule has 110 valence electrons. The molecule has 0 amide bonds. The van der Waals surface area contributed by atoms with Gasteiger partial charge in [-0.2, -0.15) is 0 Å². The Balaban J connectivity index is 1.98. The van der Waals surface area contributed by atoms with Crippen LogP contribution in [0.4, 0.5) is 0 Å². The van der Waals surface area contributed by atoms with E-state index in [-0.39, 0.29) is 12.4 Å². The third kappa shape index (κ3) is 4.93. The summed E-state index contributed by atoms with van der Waals surface area (Å²) in [6.45, 7) is 0.207. The third-order valence-corrected chi connectivity index (χ3v) is 4.17. The van der Waals surface area contributed by atoms with Crippen LogP contribution in [-0.2, 0) is 0 Å². The van der Waals surface area contributed by atoms with Crippen molar-refractivity contribution in [3.8, 4) is 11.1 Å². The second kappa shape index (κ2) is 8.29. The van der Waals surface area contributed by atoms with Gasteiger partial charge in [0.15, 0.2) is 5.78 Å². The summed E-state index contributed by atoms with van der Waals surface area (Å²) < 4.78 is 1.21. The minimum Gasteiger partial charge on any atom is -0.396 e.